The summed E-state index contributed by atoms with van der Waals surface area (Å²) in [7, 11) is 0. The molecule has 5 nitrogen and oxygen atoms in total. The summed E-state index contributed by atoms with van der Waals surface area (Å²) in [6, 6.07) is 17.4. The zero-order valence-corrected chi connectivity index (χ0v) is 18.7. The molecule has 0 bridgehead atoms. The minimum absolute atomic E-state index is 0.0791. The van der Waals surface area contributed by atoms with Crippen molar-refractivity contribution in [2.75, 3.05) is 0 Å². The molecule has 0 aliphatic rings. The molecular weight excluding hydrogens is 461 g/mol. The molecule has 0 amide bonds. The van der Waals surface area contributed by atoms with Gasteiger partial charge in [-0.1, -0.05) is 36.4 Å². The van der Waals surface area contributed by atoms with Crippen LogP contribution in [0.3, 0.4) is 0 Å². The number of rotatable bonds is 5. The smallest absolute Gasteiger partial charge is 0.449 e. The predicted octanol–water partition coefficient (Wildman–Crippen LogP) is 6.84. The fourth-order valence-electron chi connectivity index (χ4n) is 3.49. The Morgan fingerprint density at radius 3 is 2.26 bits per heavy atom. The summed E-state index contributed by atoms with van der Waals surface area (Å²) in [5.41, 5.74) is 0.880. The first-order valence-corrected chi connectivity index (χ1v) is 10.5. The number of hydrogen-bond acceptors (Lipinski definition) is 5. The molecule has 4 aromatic rings. The molecular formula is C27H19F3O5. The van der Waals surface area contributed by atoms with Crippen molar-refractivity contribution in [3.05, 3.63) is 105 Å². The van der Waals surface area contributed by atoms with Crippen LogP contribution >= 0.6 is 0 Å². The van der Waals surface area contributed by atoms with Gasteiger partial charge in [0.05, 0.1) is 5.39 Å². The maximum atomic E-state index is 13.8. The highest BCUT2D eigenvalue weighted by atomic mass is 19.4. The SMILES string of the molecule is Cc1cc(C)cc(Oc2c(C(F)(F)F)oc3cc(OC(=O)C=Cc4ccccc4)ccc3c2=O)c1. The average Bonchev–Trinajstić information content (AvgIpc) is 2.79. The Balaban J connectivity index is 1.69. The molecule has 0 saturated heterocycles. The lowest BCUT2D eigenvalue weighted by atomic mass is 10.1. The van der Waals surface area contributed by atoms with E-state index in [1.54, 1.807) is 38.1 Å². The van der Waals surface area contributed by atoms with Crippen LogP contribution < -0.4 is 14.9 Å². The maximum Gasteiger partial charge on any atom is 0.453 e. The molecule has 0 aliphatic carbocycles. The van der Waals surface area contributed by atoms with Crippen LogP contribution in [0, 0.1) is 13.8 Å². The van der Waals surface area contributed by atoms with Crippen molar-refractivity contribution in [1.29, 1.82) is 0 Å². The van der Waals surface area contributed by atoms with Crippen LogP contribution in [0.1, 0.15) is 22.5 Å². The number of fused-ring (bicyclic) bond motifs is 1. The number of carbonyl (C=O) groups is 1. The molecule has 35 heavy (non-hydrogen) atoms. The molecule has 0 fully saturated rings. The molecule has 1 aromatic heterocycles. The highest BCUT2D eigenvalue weighted by Crippen LogP contribution is 2.39. The summed E-state index contributed by atoms with van der Waals surface area (Å²) in [5, 5.41) is -0.156. The van der Waals surface area contributed by atoms with E-state index in [4.69, 9.17) is 13.9 Å². The van der Waals surface area contributed by atoms with Crippen molar-refractivity contribution in [2.45, 2.75) is 20.0 Å². The monoisotopic (exact) mass is 480 g/mol. The molecule has 0 atom stereocenters. The molecule has 0 unspecified atom stereocenters. The molecule has 8 heteroatoms. The summed E-state index contributed by atoms with van der Waals surface area (Å²) in [6.07, 6.45) is -2.30. The molecule has 1 heterocycles. The van der Waals surface area contributed by atoms with Gasteiger partial charge in [0, 0.05) is 12.1 Å². The van der Waals surface area contributed by atoms with Crippen LogP contribution in [0.2, 0.25) is 0 Å². The van der Waals surface area contributed by atoms with Crippen molar-refractivity contribution < 1.29 is 31.9 Å². The second kappa shape index (κ2) is 9.50. The third kappa shape index (κ3) is 5.60. The van der Waals surface area contributed by atoms with E-state index in [0.29, 0.717) is 0 Å². The molecule has 0 radical (unpaired) electrons. The summed E-state index contributed by atoms with van der Waals surface area (Å²) < 4.78 is 57.0. The molecule has 3 aromatic carbocycles. The van der Waals surface area contributed by atoms with Crippen molar-refractivity contribution >= 4 is 23.0 Å². The Morgan fingerprint density at radius 1 is 0.914 bits per heavy atom. The van der Waals surface area contributed by atoms with Gasteiger partial charge in [0.1, 0.15) is 17.1 Å². The summed E-state index contributed by atoms with van der Waals surface area (Å²) >= 11 is 0. The zero-order valence-electron chi connectivity index (χ0n) is 18.7. The number of benzene rings is 3. The molecule has 0 spiro atoms. The fraction of sp³-hybridized carbons (Fsp3) is 0.111. The molecule has 0 saturated carbocycles. The first kappa shape index (κ1) is 23.8. The van der Waals surface area contributed by atoms with E-state index < -0.39 is 34.7 Å². The summed E-state index contributed by atoms with van der Waals surface area (Å²) in [4.78, 5) is 25.1. The minimum atomic E-state index is -5.01. The van der Waals surface area contributed by atoms with Gasteiger partial charge < -0.3 is 13.9 Å². The van der Waals surface area contributed by atoms with Gasteiger partial charge in [0.2, 0.25) is 11.2 Å². The van der Waals surface area contributed by atoms with E-state index in [2.05, 4.69) is 0 Å². The zero-order chi connectivity index (χ0) is 25.2. The topological polar surface area (TPSA) is 65.7 Å². The van der Waals surface area contributed by atoms with Crippen molar-refractivity contribution in [1.82, 2.24) is 0 Å². The van der Waals surface area contributed by atoms with E-state index in [-0.39, 0.29) is 16.9 Å². The quantitative estimate of drug-likeness (QED) is 0.178. The highest BCUT2D eigenvalue weighted by molar-refractivity contribution is 5.89. The molecule has 178 valence electrons. The second-order valence-corrected chi connectivity index (χ2v) is 7.84. The molecule has 4 rings (SSSR count). The van der Waals surface area contributed by atoms with Crippen LogP contribution in [-0.2, 0) is 11.0 Å². The number of alkyl halides is 3. The van der Waals surface area contributed by atoms with Crippen molar-refractivity contribution in [3.8, 4) is 17.2 Å². The lowest BCUT2D eigenvalue weighted by molar-refractivity contribution is -0.154. The number of hydrogen-bond donors (Lipinski definition) is 0. The first-order valence-electron chi connectivity index (χ1n) is 10.5. The third-order valence-electron chi connectivity index (χ3n) is 4.92. The van der Waals surface area contributed by atoms with Gasteiger partial charge in [-0.2, -0.15) is 13.2 Å². The Hall–Kier alpha value is -4.33. The molecule has 0 N–H and O–H groups in total. The van der Waals surface area contributed by atoms with Gasteiger partial charge in [-0.25, -0.2) is 4.79 Å². The summed E-state index contributed by atoms with van der Waals surface area (Å²) in [5.74, 6) is -3.30. The van der Waals surface area contributed by atoms with Crippen LogP contribution in [0.5, 0.6) is 17.2 Å². The van der Waals surface area contributed by atoms with Gasteiger partial charge in [-0.3, -0.25) is 4.79 Å². The number of halogens is 3. The van der Waals surface area contributed by atoms with Crippen LogP contribution in [-0.4, -0.2) is 5.97 Å². The lowest BCUT2D eigenvalue weighted by Crippen LogP contribution is -2.15. The second-order valence-electron chi connectivity index (χ2n) is 7.84. The Morgan fingerprint density at radius 2 is 1.60 bits per heavy atom. The number of carbonyl (C=O) groups excluding carboxylic acids is 1. The minimum Gasteiger partial charge on any atom is -0.449 e. The van der Waals surface area contributed by atoms with E-state index in [1.165, 1.54) is 36.4 Å². The summed E-state index contributed by atoms with van der Waals surface area (Å²) in [6.45, 7) is 3.51. The van der Waals surface area contributed by atoms with Crippen LogP contribution in [0.4, 0.5) is 13.2 Å². The lowest BCUT2D eigenvalue weighted by Gasteiger charge is -2.14. The van der Waals surface area contributed by atoms with Gasteiger partial charge in [-0.15, -0.1) is 0 Å². The van der Waals surface area contributed by atoms with E-state index in [1.807, 2.05) is 12.1 Å². The van der Waals surface area contributed by atoms with Crippen molar-refractivity contribution in [3.63, 3.8) is 0 Å². The largest absolute Gasteiger partial charge is 0.453 e. The first-order chi connectivity index (χ1) is 16.6. The third-order valence-corrected chi connectivity index (χ3v) is 4.92. The Kier molecular flexibility index (Phi) is 6.46. The van der Waals surface area contributed by atoms with E-state index >= 15 is 0 Å². The fourth-order valence-corrected chi connectivity index (χ4v) is 3.49. The van der Waals surface area contributed by atoms with Crippen LogP contribution in [0.15, 0.2) is 82.0 Å². The molecule has 0 aliphatic heterocycles. The average molecular weight is 480 g/mol. The van der Waals surface area contributed by atoms with Gasteiger partial charge in [0.15, 0.2) is 0 Å². The number of esters is 1. The highest BCUT2D eigenvalue weighted by Gasteiger charge is 2.40. The van der Waals surface area contributed by atoms with Crippen LogP contribution in [0.25, 0.3) is 17.0 Å². The maximum absolute atomic E-state index is 13.8. The van der Waals surface area contributed by atoms with Crippen molar-refractivity contribution in [2.24, 2.45) is 0 Å². The van der Waals surface area contributed by atoms with E-state index in [9.17, 15) is 22.8 Å². The van der Waals surface area contributed by atoms with Gasteiger partial charge >= 0.3 is 12.1 Å². The normalized spacial score (nSPS) is 11.7. The standard InChI is InChI=1S/C27H19F3O5/c1-16-12-17(2)14-20(13-16)34-25-24(32)21-10-9-19(15-22(21)35-26(25)27(28,29)30)33-23(31)11-8-18-6-4-3-5-7-18/h3-15H,1-2H3. The predicted molar refractivity (Wildman–Crippen MR) is 125 cm³/mol. The Labute approximate surface area is 198 Å². The number of aryl methyl sites for hydroxylation is 2. The van der Waals surface area contributed by atoms with Gasteiger partial charge in [-0.05, 0) is 60.9 Å². The Bertz CT molecular complexity index is 1460. The van der Waals surface area contributed by atoms with E-state index in [0.717, 1.165) is 22.8 Å². The van der Waals surface area contributed by atoms with Gasteiger partial charge in [0.25, 0.3) is 5.76 Å². The number of ether oxygens (including phenoxy) is 2.